The second kappa shape index (κ2) is 4.37. The van der Waals surface area contributed by atoms with E-state index in [0.29, 0.717) is 0 Å². The molecule has 2 rings (SSSR count). The number of hydrogen-bond acceptors (Lipinski definition) is 2. The molecule has 0 spiro atoms. The van der Waals surface area contributed by atoms with Crippen LogP contribution in [-0.2, 0) is 7.05 Å². The number of rotatable bonds is 2. The van der Waals surface area contributed by atoms with Crippen LogP contribution in [-0.4, -0.2) is 15.6 Å². The smallest absolute Gasteiger partial charge is 0.216 e. The summed E-state index contributed by atoms with van der Waals surface area (Å²) in [4.78, 5) is 11.9. The van der Waals surface area contributed by atoms with Gasteiger partial charge in [-0.05, 0) is 18.2 Å². The molecule has 6 heteroatoms. The first-order chi connectivity index (χ1) is 8.00. The predicted octanol–water partition coefficient (Wildman–Crippen LogP) is 2.69. The maximum atomic E-state index is 13.6. The molecule has 1 aromatic heterocycles. The number of benzene rings is 1. The summed E-state index contributed by atoms with van der Waals surface area (Å²) in [6, 6.07) is 3.50. The lowest BCUT2D eigenvalue weighted by Crippen LogP contribution is -2.12. The van der Waals surface area contributed by atoms with E-state index in [1.807, 2.05) is 0 Å². The van der Waals surface area contributed by atoms with Gasteiger partial charge in [-0.3, -0.25) is 9.48 Å². The number of halogens is 3. The number of carbonyl (C=O) groups is 1. The molecule has 0 saturated carbocycles. The second-order valence-corrected chi connectivity index (χ2v) is 4.33. The number of carbonyl (C=O) groups excluding carboxylic acids is 1. The van der Waals surface area contributed by atoms with Crippen LogP contribution in [0.5, 0.6) is 0 Å². The molecule has 0 amide bonds. The van der Waals surface area contributed by atoms with Gasteiger partial charge in [0.05, 0.1) is 5.56 Å². The van der Waals surface area contributed by atoms with E-state index in [9.17, 15) is 13.6 Å². The van der Waals surface area contributed by atoms with Crippen LogP contribution >= 0.6 is 15.9 Å². The molecule has 88 valence electrons. The summed E-state index contributed by atoms with van der Waals surface area (Å²) < 4.78 is 28.6. The van der Waals surface area contributed by atoms with Crippen molar-refractivity contribution < 1.29 is 13.6 Å². The van der Waals surface area contributed by atoms with E-state index in [1.165, 1.54) is 24.0 Å². The average molecular weight is 301 g/mol. The Labute approximate surface area is 104 Å². The number of aryl methyl sites for hydroxylation is 1. The molecule has 0 atom stereocenters. The molecular formula is C11H7BrF2N2O. The summed E-state index contributed by atoms with van der Waals surface area (Å²) in [6.07, 6.45) is 1.39. The fourth-order valence-electron chi connectivity index (χ4n) is 1.48. The molecule has 0 aliphatic rings. The van der Waals surface area contributed by atoms with E-state index in [2.05, 4.69) is 21.0 Å². The van der Waals surface area contributed by atoms with Gasteiger partial charge in [0.1, 0.15) is 17.3 Å². The highest BCUT2D eigenvalue weighted by atomic mass is 79.9. The third kappa shape index (κ3) is 2.12. The van der Waals surface area contributed by atoms with Crippen LogP contribution in [0, 0.1) is 11.6 Å². The fraction of sp³-hybridized carbons (Fsp3) is 0.0909. The Hall–Kier alpha value is -1.56. The van der Waals surface area contributed by atoms with Gasteiger partial charge >= 0.3 is 0 Å². The summed E-state index contributed by atoms with van der Waals surface area (Å²) in [7, 11) is 1.53. The Morgan fingerprint density at radius 2 is 1.94 bits per heavy atom. The van der Waals surface area contributed by atoms with Crippen molar-refractivity contribution in [2.45, 2.75) is 0 Å². The molecule has 0 aliphatic carbocycles. The molecule has 0 aliphatic heterocycles. The zero-order valence-electron chi connectivity index (χ0n) is 8.75. The van der Waals surface area contributed by atoms with Crippen LogP contribution in [0.2, 0.25) is 0 Å². The van der Waals surface area contributed by atoms with Crippen molar-refractivity contribution in [2.24, 2.45) is 7.05 Å². The third-order valence-corrected chi connectivity index (χ3v) is 2.75. The van der Waals surface area contributed by atoms with Crippen LogP contribution in [0.3, 0.4) is 0 Å². The minimum absolute atomic E-state index is 0.130. The van der Waals surface area contributed by atoms with Crippen molar-refractivity contribution in [3.05, 3.63) is 51.8 Å². The van der Waals surface area contributed by atoms with Crippen molar-refractivity contribution in [1.82, 2.24) is 9.78 Å². The summed E-state index contributed by atoms with van der Waals surface area (Å²) >= 11 is 2.95. The SMILES string of the molecule is Cn1nccc1C(=O)c1c(F)cc(Br)cc1F. The first-order valence-corrected chi connectivity index (χ1v) is 5.47. The second-order valence-electron chi connectivity index (χ2n) is 3.41. The Bertz CT molecular complexity index is 572. The first kappa shape index (κ1) is 11.9. The molecule has 2 aromatic rings. The summed E-state index contributed by atoms with van der Waals surface area (Å²) in [5, 5.41) is 3.78. The van der Waals surface area contributed by atoms with E-state index in [4.69, 9.17) is 0 Å². The van der Waals surface area contributed by atoms with E-state index in [1.54, 1.807) is 0 Å². The number of hydrogen-bond donors (Lipinski definition) is 0. The van der Waals surface area contributed by atoms with Gasteiger partial charge in [0.2, 0.25) is 5.78 Å². The normalized spacial score (nSPS) is 10.6. The zero-order chi connectivity index (χ0) is 12.6. The Kier molecular flexibility index (Phi) is 3.06. The van der Waals surface area contributed by atoms with Gasteiger partial charge in [-0.1, -0.05) is 15.9 Å². The Morgan fingerprint density at radius 3 is 2.41 bits per heavy atom. The van der Waals surface area contributed by atoms with Crippen LogP contribution in [0.4, 0.5) is 8.78 Å². The minimum Gasteiger partial charge on any atom is -0.287 e. The maximum absolute atomic E-state index is 13.6. The van der Waals surface area contributed by atoms with Crippen molar-refractivity contribution in [1.29, 1.82) is 0 Å². The van der Waals surface area contributed by atoms with Crippen molar-refractivity contribution >= 4 is 21.7 Å². The lowest BCUT2D eigenvalue weighted by molar-refractivity contribution is 0.102. The molecule has 17 heavy (non-hydrogen) atoms. The van der Waals surface area contributed by atoms with Crippen molar-refractivity contribution in [3.8, 4) is 0 Å². The highest BCUT2D eigenvalue weighted by molar-refractivity contribution is 9.10. The molecular weight excluding hydrogens is 294 g/mol. The Balaban J connectivity index is 2.56. The van der Waals surface area contributed by atoms with Gasteiger partial charge in [0.25, 0.3) is 0 Å². The summed E-state index contributed by atoms with van der Waals surface area (Å²) in [5.41, 5.74) is -0.443. The van der Waals surface area contributed by atoms with Gasteiger partial charge in [-0.25, -0.2) is 8.78 Å². The van der Waals surface area contributed by atoms with Crippen LogP contribution in [0.1, 0.15) is 16.1 Å². The largest absolute Gasteiger partial charge is 0.287 e. The number of nitrogens with zero attached hydrogens (tertiary/aromatic N) is 2. The third-order valence-electron chi connectivity index (χ3n) is 2.29. The molecule has 3 nitrogen and oxygen atoms in total. The lowest BCUT2D eigenvalue weighted by Gasteiger charge is -2.05. The molecule has 0 bridgehead atoms. The van der Waals surface area contributed by atoms with E-state index >= 15 is 0 Å². The molecule has 0 unspecified atom stereocenters. The highest BCUT2D eigenvalue weighted by Crippen LogP contribution is 2.21. The lowest BCUT2D eigenvalue weighted by atomic mass is 10.1. The minimum atomic E-state index is -0.900. The number of aromatic nitrogens is 2. The standard InChI is InChI=1S/C11H7BrF2N2O/c1-16-9(2-3-15-16)11(17)10-7(13)4-6(12)5-8(10)14/h2-5H,1H3. The van der Waals surface area contributed by atoms with Crippen LogP contribution in [0.25, 0.3) is 0 Å². The van der Waals surface area contributed by atoms with E-state index in [0.717, 1.165) is 12.1 Å². The molecule has 0 radical (unpaired) electrons. The van der Waals surface area contributed by atoms with Crippen LogP contribution < -0.4 is 0 Å². The average Bonchev–Trinajstić information content (AvgIpc) is 2.62. The topological polar surface area (TPSA) is 34.9 Å². The molecule has 1 heterocycles. The van der Waals surface area contributed by atoms with Gasteiger partial charge in [-0.2, -0.15) is 5.10 Å². The molecule has 0 saturated heterocycles. The van der Waals surface area contributed by atoms with Gasteiger partial charge in [0.15, 0.2) is 0 Å². The molecule has 0 fully saturated rings. The van der Waals surface area contributed by atoms with Crippen molar-refractivity contribution in [2.75, 3.05) is 0 Å². The van der Waals surface area contributed by atoms with E-state index in [-0.39, 0.29) is 10.2 Å². The quantitative estimate of drug-likeness (QED) is 0.799. The summed E-state index contributed by atoms with van der Waals surface area (Å²) in [6.45, 7) is 0. The fourth-order valence-corrected chi connectivity index (χ4v) is 1.89. The monoisotopic (exact) mass is 300 g/mol. The maximum Gasteiger partial charge on any atom is 0.216 e. The van der Waals surface area contributed by atoms with E-state index < -0.39 is 23.0 Å². The predicted molar refractivity (Wildman–Crippen MR) is 60.7 cm³/mol. The van der Waals surface area contributed by atoms with Gasteiger partial charge < -0.3 is 0 Å². The van der Waals surface area contributed by atoms with Gasteiger partial charge in [-0.15, -0.1) is 0 Å². The van der Waals surface area contributed by atoms with Gasteiger partial charge in [0, 0.05) is 17.7 Å². The first-order valence-electron chi connectivity index (χ1n) is 4.68. The molecule has 1 aromatic carbocycles. The Morgan fingerprint density at radius 1 is 1.35 bits per heavy atom. The highest BCUT2D eigenvalue weighted by Gasteiger charge is 2.21. The summed E-state index contributed by atoms with van der Waals surface area (Å²) in [5.74, 6) is -2.53. The van der Waals surface area contributed by atoms with Crippen molar-refractivity contribution in [3.63, 3.8) is 0 Å². The molecule has 0 N–H and O–H groups in total. The zero-order valence-corrected chi connectivity index (χ0v) is 10.3. The number of ketones is 1. The van der Waals surface area contributed by atoms with Crippen LogP contribution in [0.15, 0.2) is 28.9 Å².